The van der Waals surface area contributed by atoms with Crippen molar-refractivity contribution in [2.24, 2.45) is 5.92 Å². The quantitative estimate of drug-likeness (QED) is 0.851. The fourth-order valence-corrected chi connectivity index (χ4v) is 2.66. The predicted octanol–water partition coefficient (Wildman–Crippen LogP) is 0.276. The van der Waals surface area contributed by atoms with E-state index in [4.69, 9.17) is 0 Å². The molecule has 0 radical (unpaired) electrons. The molecule has 20 heavy (non-hydrogen) atoms. The van der Waals surface area contributed by atoms with E-state index in [1.165, 1.54) is 0 Å². The molecule has 0 aromatic carbocycles. The fourth-order valence-electron chi connectivity index (χ4n) is 2.66. The molecule has 0 aliphatic carbocycles. The van der Waals surface area contributed by atoms with Crippen molar-refractivity contribution in [3.8, 4) is 0 Å². The van der Waals surface area contributed by atoms with Gasteiger partial charge in [0.1, 0.15) is 0 Å². The van der Waals surface area contributed by atoms with Crippen LogP contribution >= 0.6 is 0 Å². The highest BCUT2D eigenvalue weighted by Crippen LogP contribution is 2.24. The van der Waals surface area contributed by atoms with E-state index in [9.17, 15) is 9.90 Å². The molecule has 3 rings (SSSR count). The molecule has 3 heterocycles. The molecular formula is C13H17N5O2. The van der Waals surface area contributed by atoms with E-state index in [2.05, 4.69) is 15.1 Å². The summed E-state index contributed by atoms with van der Waals surface area (Å²) in [6, 6.07) is 1.66. The predicted molar refractivity (Wildman–Crippen MR) is 71.2 cm³/mol. The number of carbonyl (C=O) groups is 1. The first-order valence-electron chi connectivity index (χ1n) is 6.72. The highest BCUT2D eigenvalue weighted by atomic mass is 16.3. The van der Waals surface area contributed by atoms with Crippen LogP contribution in [0.4, 0.5) is 0 Å². The summed E-state index contributed by atoms with van der Waals surface area (Å²) in [4.78, 5) is 22.4. The summed E-state index contributed by atoms with van der Waals surface area (Å²) in [6.45, 7) is 4.52. The Hall–Kier alpha value is -2.02. The molecule has 0 saturated carbocycles. The van der Waals surface area contributed by atoms with Gasteiger partial charge in [-0.25, -0.2) is 9.50 Å². The molecule has 2 aromatic rings. The van der Waals surface area contributed by atoms with Crippen molar-refractivity contribution in [1.29, 1.82) is 0 Å². The minimum atomic E-state index is -0.238. The van der Waals surface area contributed by atoms with Crippen LogP contribution in [0.5, 0.6) is 0 Å². The lowest BCUT2D eigenvalue weighted by Crippen LogP contribution is -2.40. The van der Waals surface area contributed by atoms with Crippen LogP contribution in [0.3, 0.4) is 0 Å². The number of amides is 1. The normalized spacial score (nSPS) is 22.6. The van der Waals surface area contributed by atoms with Crippen LogP contribution in [0.1, 0.15) is 29.7 Å². The first kappa shape index (κ1) is 13.0. The maximum absolute atomic E-state index is 12.5. The zero-order valence-electron chi connectivity index (χ0n) is 11.5. The zero-order chi connectivity index (χ0) is 14.3. The van der Waals surface area contributed by atoms with Gasteiger partial charge in [-0.05, 0) is 25.3 Å². The van der Waals surface area contributed by atoms with Crippen LogP contribution in [-0.4, -0.2) is 54.7 Å². The Bertz CT molecular complexity index is 653. The highest BCUT2D eigenvalue weighted by molar-refractivity contribution is 5.91. The van der Waals surface area contributed by atoms with Crippen LogP contribution in [0.2, 0.25) is 0 Å². The number of rotatable bonds is 2. The van der Waals surface area contributed by atoms with Gasteiger partial charge in [0.15, 0.2) is 0 Å². The average molecular weight is 275 g/mol. The number of carbonyl (C=O) groups excluding carboxylic acids is 1. The molecule has 0 bridgehead atoms. The minimum absolute atomic E-state index is 0.0302. The molecule has 106 valence electrons. The van der Waals surface area contributed by atoms with Crippen molar-refractivity contribution in [2.75, 3.05) is 13.2 Å². The summed E-state index contributed by atoms with van der Waals surface area (Å²) in [5, 5.41) is 13.7. The van der Waals surface area contributed by atoms with Gasteiger partial charge in [-0.15, -0.1) is 5.10 Å². The summed E-state index contributed by atoms with van der Waals surface area (Å²) in [5.74, 6) is 0.611. The summed E-state index contributed by atoms with van der Waals surface area (Å²) < 4.78 is 1.56. The molecule has 0 spiro atoms. The van der Waals surface area contributed by atoms with Crippen molar-refractivity contribution in [2.45, 2.75) is 26.3 Å². The average Bonchev–Trinajstić information content (AvgIpc) is 3.02. The fraction of sp³-hybridized carbons (Fsp3) is 0.538. The van der Waals surface area contributed by atoms with E-state index in [1.807, 2.05) is 19.9 Å². The Labute approximate surface area is 116 Å². The number of aliphatic hydroxyl groups is 1. The lowest BCUT2D eigenvalue weighted by Gasteiger charge is -2.23. The molecule has 7 nitrogen and oxygen atoms in total. The van der Waals surface area contributed by atoms with Gasteiger partial charge in [-0.3, -0.25) is 4.79 Å². The molecule has 1 saturated heterocycles. The summed E-state index contributed by atoms with van der Waals surface area (Å²) in [6.07, 6.45) is 2.53. The Morgan fingerprint density at radius 1 is 1.55 bits per heavy atom. The molecule has 2 atom stereocenters. The molecule has 7 heteroatoms. The number of aliphatic hydroxyl groups excluding tert-OH is 1. The van der Waals surface area contributed by atoms with Crippen LogP contribution in [-0.2, 0) is 0 Å². The minimum Gasteiger partial charge on any atom is -0.394 e. The second-order valence-electron chi connectivity index (χ2n) is 5.25. The monoisotopic (exact) mass is 275 g/mol. The first-order chi connectivity index (χ1) is 9.61. The molecule has 2 aromatic heterocycles. The second kappa shape index (κ2) is 4.82. The summed E-state index contributed by atoms with van der Waals surface area (Å²) in [7, 11) is 0. The lowest BCUT2D eigenvalue weighted by molar-refractivity contribution is 0.0636. The number of nitrogens with zero attached hydrogens (tertiary/aromatic N) is 5. The third-order valence-corrected chi connectivity index (χ3v) is 3.95. The lowest BCUT2D eigenvalue weighted by atomic mass is 10.0. The van der Waals surface area contributed by atoms with Gasteiger partial charge < -0.3 is 10.0 Å². The molecular weight excluding hydrogens is 258 g/mol. The number of fused-ring (bicyclic) bond motifs is 1. The maximum Gasteiger partial charge on any atom is 0.293 e. The molecule has 1 aliphatic heterocycles. The van der Waals surface area contributed by atoms with Crippen LogP contribution in [0.15, 0.2) is 12.3 Å². The van der Waals surface area contributed by atoms with E-state index >= 15 is 0 Å². The Morgan fingerprint density at radius 2 is 2.35 bits per heavy atom. The maximum atomic E-state index is 12.5. The van der Waals surface area contributed by atoms with Gasteiger partial charge in [0.05, 0.1) is 12.6 Å². The van der Waals surface area contributed by atoms with E-state index in [-0.39, 0.29) is 24.4 Å². The summed E-state index contributed by atoms with van der Waals surface area (Å²) >= 11 is 0. The van der Waals surface area contributed by atoms with E-state index in [0.717, 1.165) is 12.1 Å². The molecule has 1 fully saturated rings. The van der Waals surface area contributed by atoms with Crippen molar-refractivity contribution in [3.63, 3.8) is 0 Å². The van der Waals surface area contributed by atoms with Crippen molar-refractivity contribution in [1.82, 2.24) is 24.5 Å². The SMILES string of the molecule is Cc1ccnc2nc(C(=O)N3CCC(C)C3CO)nn12. The van der Waals surface area contributed by atoms with Gasteiger partial charge in [0.25, 0.3) is 11.7 Å². The number of likely N-dealkylation sites (tertiary alicyclic amines) is 1. The van der Waals surface area contributed by atoms with Crippen LogP contribution in [0, 0.1) is 12.8 Å². The Balaban J connectivity index is 1.95. The smallest absolute Gasteiger partial charge is 0.293 e. The van der Waals surface area contributed by atoms with Crippen molar-refractivity contribution in [3.05, 3.63) is 23.8 Å². The Kier molecular flexibility index (Phi) is 3.13. The van der Waals surface area contributed by atoms with Crippen LogP contribution in [0.25, 0.3) is 5.78 Å². The largest absolute Gasteiger partial charge is 0.394 e. The van der Waals surface area contributed by atoms with Crippen molar-refractivity contribution >= 4 is 11.7 Å². The topological polar surface area (TPSA) is 83.6 Å². The molecule has 1 aliphatic rings. The van der Waals surface area contributed by atoms with Crippen LogP contribution < -0.4 is 0 Å². The third kappa shape index (κ3) is 1.94. The third-order valence-electron chi connectivity index (χ3n) is 3.95. The molecule has 1 N–H and O–H groups in total. The first-order valence-corrected chi connectivity index (χ1v) is 6.72. The number of aromatic nitrogens is 4. The van der Waals surface area contributed by atoms with Gasteiger partial charge in [-0.1, -0.05) is 6.92 Å². The number of hydrogen-bond donors (Lipinski definition) is 1. The Morgan fingerprint density at radius 3 is 3.05 bits per heavy atom. The van der Waals surface area contributed by atoms with E-state index in [1.54, 1.807) is 15.6 Å². The van der Waals surface area contributed by atoms with E-state index in [0.29, 0.717) is 18.2 Å². The van der Waals surface area contributed by atoms with Gasteiger partial charge in [-0.2, -0.15) is 4.98 Å². The van der Waals surface area contributed by atoms with Gasteiger partial charge in [0.2, 0.25) is 5.82 Å². The summed E-state index contributed by atoms with van der Waals surface area (Å²) in [5.41, 5.74) is 0.870. The second-order valence-corrected chi connectivity index (χ2v) is 5.25. The number of hydrogen-bond acceptors (Lipinski definition) is 5. The van der Waals surface area contributed by atoms with Gasteiger partial charge in [0, 0.05) is 18.4 Å². The molecule has 2 unspecified atom stereocenters. The number of aryl methyl sites for hydroxylation is 1. The standard InChI is InChI=1S/C13H17N5O2/c1-8-4-6-17(10(8)7-19)12(20)11-15-13-14-5-3-9(2)18(13)16-11/h3,5,8,10,19H,4,6-7H2,1-2H3. The highest BCUT2D eigenvalue weighted by Gasteiger charge is 2.35. The van der Waals surface area contributed by atoms with Gasteiger partial charge >= 0.3 is 0 Å². The molecule has 1 amide bonds. The van der Waals surface area contributed by atoms with E-state index < -0.39 is 0 Å². The van der Waals surface area contributed by atoms with Crippen molar-refractivity contribution < 1.29 is 9.90 Å². The zero-order valence-corrected chi connectivity index (χ0v) is 11.5.